The van der Waals surface area contributed by atoms with Gasteiger partial charge in [0, 0.05) is 6.42 Å². The van der Waals surface area contributed by atoms with E-state index in [0.29, 0.717) is 6.42 Å². The van der Waals surface area contributed by atoms with Crippen molar-refractivity contribution in [3.63, 3.8) is 0 Å². The Bertz CT molecular complexity index is 517. The summed E-state index contributed by atoms with van der Waals surface area (Å²) in [4.78, 5) is 10.5. The molecule has 2 N–H and O–H groups in total. The summed E-state index contributed by atoms with van der Waals surface area (Å²) in [7, 11) is 0. The summed E-state index contributed by atoms with van der Waals surface area (Å²) in [5.41, 5.74) is 2.15. The van der Waals surface area contributed by atoms with Gasteiger partial charge in [0.2, 0.25) is 0 Å². The first-order valence-electron chi connectivity index (χ1n) is 8.47. The first kappa shape index (κ1) is 19.2. The van der Waals surface area contributed by atoms with E-state index in [0.717, 1.165) is 43.2 Å². The predicted molar refractivity (Wildman–Crippen MR) is 96.1 cm³/mol. The number of unbranched alkanes of at least 4 members (excludes halogenated alkanes) is 3. The topological polar surface area (TPSA) is 57.5 Å². The van der Waals surface area contributed by atoms with Crippen molar-refractivity contribution >= 4 is 18.1 Å². The molecule has 126 valence electrons. The molecule has 1 aromatic rings. The van der Waals surface area contributed by atoms with E-state index in [-0.39, 0.29) is 6.42 Å². The number of hydrogen-bond acceptors (Lipinski definition) is 2. The zero-order valence-corrected chi connectivity index (χ0v) is 13.9. The minimum absolute atomic E-state index is 0.204. The smallest absolute Gasteiger partial charge is 0.303 e. The minimum Gasteiger partial charge on any atom is -0.481 e. The third kappa shape index (κ3) is 8.99. The van der Waals surface area contributed by atoms with Crippen molar-refractivity contribution in [3.05, 3.63) is 47.5 Å². The van der Waals surface area contributed by atoms with Gasteiger partial charge in [-0.3, -0.25) is 4.79 Å². The molecule has 3 nitrogen and oxygen atoms in total. The van der Waals surface area contributed by atoms with Crippen LogP contribution in [0.2, 0.25) is 0 Å². The van der Waals surface area contributed by atoms with E-state index in [1.54, 1.807) is 0 Å². The lowest BCUT2D eigenvalue weighted by atomic mass is 10.0. The number of rotatable bonds is 11. The van der Waals surface area contributed by atoms with Crippen LogP contribution in [0.4, 0.5) is 0 Å². The summed E-state index contributed by atoms with van der Waals surface area (Å²) < 4.78 is 0. The highest BCUT2D eigenvalue weighted by Crippen LogP contribution is 2.15. The second-order valence-corrected chi connectivity index (χ2v) is 5.74. The number of aliphatic hydroxyl groups excluding tert-OH is 1. The van der Waals surface area contributed by atoms with Crippen LogP contribution in [0.3, 0.4) is 0 Å². The number of carboxylic acid groups (broad SMARTS) is 1. The molecule has 23 heavy (non-hydrogen) atoms. The highest BCUT2D eigenvalue weighted by atomic mass is 16.4. The largest absolute Gasteiger partial charge is 0.481 e. The van der Waals surface area contributed by atoms with E-state index in [9.17, 15) is 9.90 Å². The van der Waals surface area contributed by atoms with Crippen molar-refractivity contribution in [2.45, 2.75) is 58.0 Å². The molecule has 1 aromatic carbocycles. The van der Waals surface area contributed by atoms with E-state index in [4.69, 9.17) is 5.11 Å². The maximum Gasteiger partial charge on any atom is 0.303 e. The number of benzene rings is 1. The van der Waals surface area contributed by atoms with Crippen molar-refractivity contribution in [1.29, 1.82) is 0 Å². The normalized spacial score (nSPS) is 13.0. The average molecular weight is 316 g/mol. The zero-order chi connectivity index (χ0) is 16.9. The number of aliphatic hydroxyl groups is 1. The first-order valence-corrected chi connectivity index (χ1v) is 8.47. The number of aliphatic carboxylic acids is 1. The Morgan fingerprint density at radius 1 is 1.13 bits per heavy atom. The van der Waals surface area contributed by atoms with Gasteiger partial charge < -0.3 is 10.2 Å². The van der Waals surface area contributed by atoms with Gasteiger partial charge in [-0.15, -0.1) is 0 Å². The van der Waals surface area contributed by atoms with Gasteiger partial charge in [-0.1, -0.05) is 74.8 Å². The fourth-order valence-electron chi connectivity index (χ4n) is 2.31. The molecule has 0 aromatic heterocycles. The molecular formula is C20H28O3. The Hall–Kier alpha value is -1.87. The molecule has 0 aliphatic rings. The van der Waals surface area contributed by atoms with Crippen molar-refractivity contribution in [2.75, 3.05) is 0 Å². The molecule has 1 unspecified atom stereocenters. The van der Waals surface area contributed by atoms with E-state index in [1.807, 2.05) is 48.6 Å². The lowest BCUT2D eigenvalue weighted by molar-refractivity contribution is -0.137. The number of carboxylic acids is 1. The van der Waals surface area contributed by atoms with Crippen LogP contribution >= 0.6 is 0 Å². The molecule has 0 aliphatic carbocycles. The molecule has 0 heterocycles. The molecule has 0 spiro atoms. The third-order valence-corrected chi connectivity index (χ3v) is 3.66. The highest BCUT2D eigenvalue weighted by Gasteiger charge is 2.00. The van der Waals surface area contributed by atoms with E-state index in [2.05, 4.69) is 6.92 Å². The molecule has 0 aliphatic heterocycles. The Morgan fingerprint density at radius 3 is 2.48 bits per heavy atom. The van der Waals surface area contributed by atoms with Crippen LogP contribution in [-0.4, -0.2) is 22.3 Å². The van der Waals surface area contributed by atoms with Gasteiger partial charge in [0.15, 0.2) is 0 Å². The highest BCUT2D eigenvalue weighted by molar-refractivity contribution is 5.67. The maximum absolute atomic E-state index is 10.5. The van der Waals surface area contributed by atoms with Gasteiger partial charge in [-0.25, -0.2) is 0 Å². The van der Waals surface area contributed by atoms with Crippen LogP contribution in [-0.2, 0) is 4.79 Å². The Labute approximate surface area is 139 Å². The summed E-state index contributed by atoms with van der Waals surface area (Å²) in [5.74, 6) is -0.751. The Balaban J connectivity index is 2.55. The van der Waals surface area contributed by atoms with Crippen molar-refractivity contribution in [3.8, 4) is 0 Å². The van der Waals surface area contributed by atoms with Crippen LogP contribution in [0.15, 0.2) is 36.4 Å². The number of carbonyl (C=O) groups is 1. The van der Waals surface area contributed by atoms with Gasteiger partial charge in [-0.2, -0.15) is 0 Å². The molecule has 0 saturated heterocycles. The SMILES string of the molecule is CCCCCC(O)/C=C/c1ccccc1/C=C\CCCC(=O)O. The number of hydrogen-bond donors (Lipinski definition) is 2. The monoisotopic (exact) mass is 316 g/mol. The van der Waals surface area contributed by atoms with Crippen LogP contribution in [0, 0.1) is 0 Å². The Morgan fingerprint density at radius 2 is 1.83 bits per heavy atom. The fraction of sp³-hybridized carbons (Fsp3) is 0.450. The van der Waals surface area contributed by atoms with Crippen LogP contribution in [0.1, 0.15) is 63.0 Å². The van der Waals surface area contributed by atoms with Gasteiger partial charge in [0.1, 0.15) is 0 Å². The third-order valence-electron chi connectivity index (χ3n) is 3.66. The van der Waals surface area contributed by atoms with Crippen LogP contribution < -0.4 is 0 Å². The second-order valence-electron chi connectivity index (χ2n) is 5.74. The van der Waals surface area contributed by atoms with E-state index >= 15 is 0 Å². The first-order chi connectivity index (χ1) is 11.1. The minimum atomic E-state index is -0.751. The van der Waals surface area contributed by atoms with Crippen molar-refractivity contribution in [2.24, 2.45) is 0 Å². The molecular weight excluding hydrogens is 288 g/mol. The van der Waals surface area contributed by atoms with Crippen LogP contribution in [0.5, 0.6) is 0 Å². The molecule has 0 amide bonds. The number of allylic oxidation sites excluding steroid dienone is 1. The fourth-order valence-corrected chi connectivity index (χ4v) is 2.31. The Kier molecular flexibility index (Phi) is 9.73. The molecule has 1 atom stereocenters. The summed E-state index contributed by atoms with van der Waals surface area (Å²) >= 11 is 0. The molecule has 1 rings (SSSR count). The standard InChI is InChI=1S/C20H28O3/c1-2-3-5-13-19(21)16-15-18-12-9-8-11-17(18)10-6-4-7-14-20(22)23/h6,8-12,15-16,19,21H,2-5,7,13-14H2,1H3,(H,22,23)/b10-6-,16-15+. The van der Waals surface area contributed by atoms with E-state index in [1.165, 1.54) is 0 Å². The van der Waals surface area contributed by atoms with E-state index < -0.39 is 12.1 Å². The van der Waals surface area contributed by atoms with Gasteiger partial charge in [-0.05, 0) is 30.4 Å². The second kappa shape index (κ2) is 11.7. The molecule has 0 saturated carbocycles. The lowest BCUT2D eigenvalue weighted by Crippen LogP contribution is -2.01. The lowest BCUT2D eigenvalue weighted by Gasteiger charge is -2.05. The average Bonchev–Trinajstić information content (AvgIpc) is 2.53. The summed E-state index contributed by atoms with van der Waals surface area (Å²) in [5, 5.41) is 18.6. The predicted octanol–water partition coefficient (Wildman–Crippen LogP) is 4.91. The van der Waals surface area contributed by atoms with Crippen molar-refractivity contribution in [1.82, 2.24) is 0 Å². The van der Waals surface area contributed by atoms with Gasteiger partial charge in [0.05, 0.1) is 6.10 Å². The van der Waals surface area contributed by atoms with Crippen LogP contribution in [0.25, 0.3) is 12.2 Å². The molecule has 0 fully saturated rings. The molecule has 0 bridgehead atoms. The maximum atomic E-state index is 10.5. The van der Waals surface area contributed by atoms with Crippen molar-refractivity contribution < 1.29 is 15.0 Å². The quantitative estimate of drug-likeness (QED) is 0.570. The molecule has 0 radical (unpaired) electrons. The summed E-state index contributed by atoms with van der Waals surface area (Å²) in [6.07, 6.45) is 13.2. The summed E-state index contributed by atoms with van der Waals surface area (Å²) in [6, 6.07) is 8.00. The summed E-state index contributed by atoms with van der Waals surface area (Å²) in [6.45, 7) is 2.15. The van der Waals surface area contributed by atoms with Gasteiger partial charge in [0.25, 0.3) is 0 Å². The zero-order valence-electron chi connectivity index (χ0n) is 13.9. The molecule has 3 heteroatoms. The van der Waals surface area contributed by atoms with Gasteiger partial charge >= 0.3 is 5.97 Å².